The number of nitrogens with one attached hydrogen (secondary N) is 1. The Labute approximate surface area is 265 Å². The quantitative estimate of drug-likeness (QED) is 0.168. The number of anilines is 1. The lowest BCUT2D eigenvalue weighted by Gasteiger charge is -2.35. The Morgan fingerprint density at radius 2 is 1.65 bits per heavy atom. The van der Waals surface area contributed by atoms with E-state index in [4.69, 9.17) is 34.8 Å². The number of hydrogen-bond acceptors (Lipinski definition) is 5. The van der Waals surface area contributed by atoms with Crippen molar-refractivity contribution in [3.63, 3.8) is 0 Å². The number of para-hydroxylation sites is 1. The van der Waals surface area contributed by atoms with Crippen LogP contribution in [0.3, 0.4) is 0 Å². The number of amides is 1. The summed E-state index contributed by atoms with van der Waals surface area (Å²) in [7, 11) is 0. The Morgan fingerprint density at radius 3 is 2.28 bits per heavy atom. The molecule has 1 fully saturated rings. The first-order valence-electron chi connectivity index (χ1n) is 13.8. The number of rotatable bonds is 8. The van der Waals surface area contributed by atoms with E-state index in [1.54, 1.807) is 29.3 Å². The molecule has 43 heavy (non-hydrogen) atoms. The first-order valence-corrected chi connectivity index (χ1v) is 15.0. The highest BCUT2D eigenvalue weighted by atomic mass is 35.5. The number of pyridine rings is 1. The van der Waals surface area contributed by atoms with Gasteiger partial charge >= 0.3 is 0 Å². The first kappa shape index (κ1) is 30.7. The third kappa shape index (κ3) is 7.61. The van der Waals surface area contributed by atoms with Crippen molar-refractivity contribution < 1.29 is 9.90 Å². The molecule has 2 atom stereocenters. The minimum Gasteiger partial charge on any atom is -0.383 e. The van der Waals surface area contributed by atoms with Gasteiger partial charge < -0.3 is 10.4 Å². The van der Waals surface area contributed by atoms with Gasteiger partial charge in [0.25, 0.3) is 5.91 Å². The monoisotopic (exact) mass is 633 g/mol. The Kier molecular flexibility index (Phi) is 9.78. The van der Waals surface area contributed by atoms with Crippen molar-refractivity contribution in [3.05, 3.63) is 130 Å². The predicted molar refractivity (Wildman–Crippen MR) is 171 cm³/mol. The van der Waals surface area contributed by atoms with Gasteiger partial charge in [-0.15, -0.1) is 0 Å². The molecule has 0 aliphatic heterocycles. The highest BCUT2D eigenvalue weighted by Crippen LogP contribution is 2.46. The van der Waals surface area contributed by atoms with E-state index in [1.807, 2.05) is 72.8 Å². The van der Waals surface area contributed by atoms with E-state index in [-0.39, 0.29) is 17.0 Å². The third-order valence-corrected chi connectivity index (χ3v) is 8.44. The Balaban J connectivity index is 0.000000173. The largest absolute Gasteiger partial charge is 0.383 e. The number of nitrogens with zero attached hydrogens (tertiary/aromatic N) is 4. The molecule has 0 radical (unpaired) electrons. The molecular formula is C33H30Cl3N5O2. The van der Waals surface area contributed by atoms with Crippen LogP contribution in [0.2, 0.25) is 15.2 Å². The SMILES string of the molecule is CC(C1CC1)C(O)(Cn1cncn1)c1ccc(Cl)cc1.O=C(Nc1ccccc1-c1ccc(Cl)cc1)c1cccnc1Cl. The average Bonchev–Trinajstić information content (AvgIpc) is 3.74. The fraction of sp³-hybridized carbons (Fsp3) is 0.212. The molecule has 6 rings (SSSR count). The van der Waals surface area contributed by atoms with Gasteiger partial charge in [0.1, 0.15) is 23.4 Å². The summed E-state index contributed by atoms with van der Waals surface area (Å²) in [4.78, 5) is 20.3. The third-order valence-electron chi connectivity index (χ3n) is 7.63. The van der Waals surface area contributed by atoms with Crippen LogP contribution in [-0.2, 0) is 12.1 Å². The van der Waals surface area contributed by atoms with Gasteiger partial charge in [0.2, 0.25) is 0 Å². The zero-order valence-electron chi connectivity index (χ0n) is 23.4. The van der Waals surface area contributed by atoms with Crippen molar-refractivity contribution in [2.75, 3.05) is 5.32 Å². The van der Waals surface area contributed by atoms with Crippen molar-refractivity contribution in [2.24, 2.45) is 11.8 Å². The van der Waals surface area contributed by atoms with E-state index < -0.39 is 5.60 Å². The molecule has 1 amide bonds. The molecule has 1 saturated carbocycles. The van der Waals surface area contributed by atoms with Crippen LogP contribution < -0.4 is 5.32 Å². The van der Waals surface area contributed by atoms with Crippen LogP contribution in [0.1, 0.15) is 35.7 Å². The van der Waals surface area contributed by atoms with E-state index in [0.717, 1.165) is 16.7 Å². The summed E-state index contributed by atoms with van der Waals surface area (Å²) in [6.45, 7) is 2.52. The Morgan fingerprint density at radius 1 is 0.977 bits per heavy atom. The maximum Gasteiger partial charge on any atom is 0.258 e. The maximum absolute atomic E-state index is 12.4. The molecule has 2 heterocycles. The highest BCUT2D eigenvalue weighted by molar-refractivity contribution is 6.33. The first-order chi connectivity index (χ1) is 20.7. The second kappa shape index (κ2) is 13.7. The summed E-state index contributed by atoms with van der Waals surface area (Å²) in [5.74, 6) is 0.455. The number of hydrogen-bond donors (Lipinski definition) is 2. The summed E-state index contributed by atoms with van der Waals surface area (Å²) in [6.07, 6.45) is 7.05. The number of carbonyl (C=O) groups is 1. The minimum atomic E-state index is -0.945. The zero-order valence-corrected chi connectivity index (χ0v) is 25.6. The fourth-order valence-corrected chi connectivity index (χ4v) is 5.46. The standard InChI is InChI=1S/C18H12Cl2N2O.C15H18ClN3O/c19-13-9-7-12(8-10-13)14-4-1-2-6-16(14)22-18(23)15-5-3-11-21-17(15)20;1-11(12-2-3-12)15(20,8-19-10-17-9-18-19)13-4-6-14(16)7-5-13/h1-11H,(H,22,23);4-7,9-12,20H,2-3,8H2,1H3. The summed E-state index contributed by atoms with van der Waals surface area (Å²) < 4.78 is 1.69. The average molecular weight is 635 g/mol. The number of carbonyl (C=O) groups excluding carboxylic acids is 1. The van der Waals surface area contributed by atoms with Gasteiger partial charge in [-0.3, -0.25) is 4.79 Å². The van der Waals surface area contributed by atoms with Gasteiger partial charge in [-0.2, -0.15) is 5.10 Å². The molecule has 3 aromatic carbocycles. The molecule has 10 heteroatoms. The molecule has 7 nitrogen and oxygen atoms in total. The Bertz CT molecular complexity index is 1660. The van der Waals surface area contributed by atoms with Gasteiger partial charge in [-0.25, -0.2) is 14.6 Å². The van der Waals surface area contributed by atoms with E-state index in [2.05, 4.69) is 27.3 Å². The van der Waals surface area contributed by atoms with E-state index in [1.165, 1.54) is 19.2 Å². The van der Waals surface area contributed by atoms with Gasteiger partial charge in [-0.1, -0.05) is 84.2 Å². The van der Waals surface area contributed by atoms with Crippen molar-refractivity contribution in [1.29, 1.82) is 0 Å². The predicted octanol–water partition coefficient (Wildman–Crippen LogP) is 8.17. The van der Waals surface area contributed by atoms with E-state index in [0.29, 0.717) is 33.8 Å². The van der Waals surface area contributed by atoms with Crippen LogP contribution in [-0.4, -0.2) is 30.8 Å². The van der Waals surface area contributed by atoms with E-state index in [9.17, 15) is 9.90 Å². The smallest absolute Gasteiger partial charge is 0.258 e. The van der Waals surface area contributed by atoms with Crippen LogP contribution >= 0.6 is 34.8 Å². The normalized spacial score (nSPS) is 14.6. The second-order valence-electron chi connectivity index (χ2n) is 10.5. The number of benzene rings is 3. The molecule has 5 aromatic rings. The van der Waals surface area contributed by atoms with Crippen molar-refractivity contribution in [2.45, 2.75) is 31.9 Å². The topological polar surface area (TPSA) is 92.9 Å². The van der Waals surface area contributed by atoms with Crippen LogP contribution in [0.5, 0.6) is 0 Å². The number of halogens is 3. The molecule has 1 aliphatic carbocycles. The van der Waals surface area contributed by atoms with Gasteiger partial charge in [-0.05, 0) is 78.3 Å². The summed E-state index contributed by atoms with van der Waals surface area (Å²) in [5.41, 5.74) is 2.83. The molecule has 220 valence electrons. The molecule has 2 N–H and O–H groups in total. The Hall–Kier alpha value is -3.75. The maximum atomic E-state index is 12.4. The molecule has 0 spiro atoms. The lowest BCUT2D eigenvalue weighted by Crippen LogP contribution is -2.39. The van der Waals surface area contributed by atoms with Crippen LogP contribution in [0.15, 0.2) is 104 Å². The lowest BCUT2D eigenvalue weighted by atomic mass is 9.79. The van der Waals surface area contributed by atoms with Crippen molar-refractivity contribution in [3.8, 4) is 11.1 Å². The molecule has 0 bridgehead atoms. The molecule has 2 unspecified atom stereocenters. The van der Waals surface area contributed by atoms with Gasteiger partial charge in [0, 0.05) is 27.5 Å². The lowest BCUT2D eigenvalue weighted by molar-refractivity contribution is -0.0442. The van der Waals surface area contributed by atoms with Gasteiger partial charge in [0.15, 0.2) is 0 Å². The summed E-state index contributed by atoms with van der Waals surface area (Å²) in [6, 6.07) is 25.7. The van der Waals surface area contributed by atoms with Crippen molar-refractivity contribution >= 4 is 46.4 Å². The van der Waals surface area contributed by atoms with Crippen LogP contribution in [0.4, 0.5) is 5.69 Å². The van der Waals surface area contributed by atoms with Crippen LogP contribution in [0.25, 0.3) is 11.1 Å². The highest BCUT2D eigenvalue weighted by Gasteiger charge is 2.44. The second-order valence-corrected chi connectivity index (χ2v) is 11.7. The number of aromatic nitrogens is 4. The minimum absolute atomic E-state index is 0.174. The summed E-state index contributed by atoms with van der Waals surface area (Å²) in [5, 5.41) is 19.8. The number of aliphatic hydroxyl groups is 1. The molecule has 2 aromatic heterocycles. The molecular weight excluding hydrogens is 605 g/mol. The summed E-state index contributed by atoms with van der Waals surface area (Å²) >= 11 is 17.9. The van der Waals surface area contributed by atoms with Crippen LogP contribution in [0, 0.1) is 11.8 Å². The van der Waals surface area contributed by atoms with Gasteiger partial charge in [0.05, 0.1) is 12.1 Å². The van der Waals surface area contributed by atoms with E-state index >= 15 is 0 Å². The molecule has 0 saturated heterocycles. The zero-order chi connectivity index (χ0) is 30.4. The fourth-order valence-electron chi connectivity index (χ4n) is 5.00. The molecule has 1 aliphatic rings. The van der Waals surface area contributed by atoms with Crippen molar-refractivity contribution in [1.82, 2.24) is 19.7 Å².